The summed E-state index contributed by atoms with van der Waals surface area (Å²) in [7, 11) is 1.81. The van der Waals surface area contributed by atoms with E-state index in [2.05, 4.69) is 20.8 Å². The first-order chi connectivity index (χ1) is 4.79. The predicted octanol–water partition coefficient (Wildman–Crippen LogP) is 2.85. The summed E-state index contributed by atoms with van der Waals surface area (Å²) in [5.74, 6) is 0.759. The Morgan fingerprint density at radius 2 is 1.50 bits per heavy atom. The molecule has 0 aliphatic carbocycles. The molecule has 1 atom stereocenters. The van der Waals surface area contributed by atoms with E-state index in [1.165, 1.54) is 12.8 Å². The third-order valence-electron chi connectivity index (χ3n) is 2.28. The Balaban J connectivity index is 3.70. The van der Waals surface area contributed by atoms with Crippen LogP contribution in [-0.4, -0.2) is 13.2 Å². The molecule has 0 aliphatic rings. The van der Waals surface area contributed by atoms with Gasteiger partial charge in [0.05, 0.1) is 6.10 Å². The molecule has 1 nitrogen and oxygen atoms in total. The van der Waals surface area contributed by atoms with Crippen molar-refractivity contribution >= 4 is 0 Å². The van der Waals surface area contributed by atoms with Crippen LogP contribution in [0.2, 0.25) is 0 Å². The van der Waals surface area contributed by atoms with E-state index in [4.69, 9.17) is 4.74 Å². The minimum atomic E-state index is 0.481. The first kappa shape index (κ1) is 9.96. The van der Waals surface area contributed by atoms with E-state index in [-0.39, 0.29) is 0 Å². The SMILES string of the molecule is CCC(CC)C(CC)OC. The van der Waals surface area contributed by atoms with Crippen LogP contribution in [0.15, 0.2) is 0 Å². The maximum Gasteiger partial charge on any atom is 0.0596 e. The molecule has 0 saturated heterocycles. The van der Waals surface area contributed by atoms with Crippen molar-refractivity contribution in [1.29, 1.82) is 0 Å². The molecule has 10 heavy (non-hydrogen) atoms. The zero-order chi connectivity index (χ0) is 7.98. The van der Waals surface area contributed by atoms with Crippen LogP contribution in [0.1, 0.15) is 40.0 Å². The van der Waals surface area contributed by atoms with Crippen LogP contribution in [-0.2, 0) is 4.74 Å². The van der Waals surface area contributed by atoms with E-state index < -0.39 is 0 Å². The van der Waals surface area contributed by atoms with Gasteiger partial charge in [-0.05, 0) is 12.3 Å². The molecule has 0 rings (SSSR count). The molecular formula is C9H20O. The van der Waals surface area contributed by atoms with Crippen LogP contribution in [0, 0.1) is 5.92 Å². The number of methoxy groups -OCH3 is 1. The van der Waals surface area contributed by atoms with Crippen LogP contribution in [0.25, 0.3) is 0 Å². The van der Waals surface area contributed by atoms with Crippen molar-refractivity contribution in [3.05, 3.63) is 0 Å². The summed E-state index contributed by atoms with van der Waals surface area (Å²) in [6.07, 6.45) is 4.10. The number of hydrogen-bond donors (Lipinski definition) is 0. The van der Waals surface area contributed by atoms with Gasteiger partial charge >= 0.3 is 0 Å². The van der Waals surface area contributed by atoms with Gasteiger partial charge in [-0.1, -0.05) is 33.6 Å². The lowest BCUT2D eigenvalue weighted by Crippen LogP contribution is -2.20. The quantitative estimate of drug-likeness (QED) is 0.576. The average Bonchev–Trinajstić information content (AvgIpc) is 2.00. The van der Waals surface area contributed by atoms with Gasteiger partial charge in [-0.15, -0.1) is 0 Å². The summed E-state index contributed by atoms with van der Waals surface area (Å²) >= 11 is 0. The van der Waals surface area contributed by atoms with Crippen molar-refractivity contribution in [1.82, 2.24) is 0 Å². The van der Waals surface area contributed by atoms with Gasteiger partial charge in [0, 0.05) is 7.11 Å². The summed E-state index contributed by atoms with van der Waals surface area (Å²) in [6.45, 7) is 6.65. The number of ether oxygens (including phenoxy) is 1. The van der Waals surface area contributed by atoms with Crippen molar-refractivity contribution in [2.24, 2.45) is 5.92 Å². The van der Waals surface area contributed by atoms with E-state index in [1.807, 2.05) is 7.11 Å². The third kappa shape index (κ3) is 2.70. The fourth-order valence-electron chi connectivity index (χ4n) is 1.51. The van der Waals surface area contributed by atoms with Crippen LogP contribution in [0.3, 0.4) is 0 Å². The Labute approximate surface area is 64.8 Å². The van der Waals surface area contributed by atoms with E-state index in [9.17, 15) is 0 Å². The van der Waals surface area contributed by atoms with Crippen molar-refractivity contribution in [3.63, 3.8) is 0 Å². The van der Waals surface area contributed by atoms with Crippen molar-refractivity contribution in [2.75, 3.05) is 7.11 Å². The summed E-state index contributed by atoms with van der Waals surface area (Å²) < 4.78 is 5.34. The molecule has 0 bridgehead atoms. The monoisotopic (exact) mass is 144 g/mol. The molecule has 0 aromatic heterocycles. The van der Waals surface area contributed by atoms with Gasteiger partial charge < -0.3 is 4.74 Å². The highest BCUT2D eigenvalue weighted by Gasteiger charge is 2.14. The molecule has 0 amide bonds. The highest BCUT2D eigenvalue weighted by Crippen LogP contribution is 2.17. The smallest absolute Gasteiger partial charge is 0.0596 e. The zero-order valence-corrected chi connectivity index (χ0v) is 7.68. The molecule has 0 N–H and O–H groups in total. The lowest BCUT2D eigenvalue weighted by molar-refractivity contribution is 0.0458. The standard InChI is InChI=1S/C9H20O/c1-5-8(6-2)9(7-3)10-4/h8-9H,5-7H2,1-4H3. The normalized spacial score (nSPS) is 14.1. The molecule has 0 heterocycles. The van der Waals surface area contributed by atoms with Crippen LogP contribution < -0.4 is 0 Å². The molecule has 0 aromatic rings. The molecule has 1 heteroatoms. The minimum absolute atomic E-state index is 0.481. The van der Waals surface area contributed by atoms with Gasteiger partial charge in [-0.25, -0.2) is 0 Å². The molecular weight excluding hydrogens is 124 g/mol. The molecule has 62 valence electrons. The zero-order valence-electron chi connectivity index (χ0n) is 7.68. The van der Waals surface area contributed by atoms with Gasteiger partial charge in [-0.2, -0.15) is 0 Å². The molecule has 0 aromatic carbocycles. The largest absolute Gasteiger partial charge is 0.381 e. The molecule has 0 aliphatic heterocycles. The summed E-state index contributed by atoms with van der Waals surface area (Å²) in [5.41, 5.74) is 0. The second-order valence-corrected chi connectivity index (χ2v) is 2.76. The Hall–Kier alpha value is -0.0400. The summed E-state index contributed by atoms with van der Waals surface area (Å²) in [5, 5.41) is 0. The molecule has 0 radical (unpaired) electrons. The van der Waals surface area contributed by atoms with Crippen LogP contribution in [0.5, 0.6) is 0 Å². The highest BCUT2D eigenvalue weighted by atomic mass is 16.5. The van der Waals surface area contributed by atoms with Crippen molar-refractivity contribution < 1.29 is 4.74 Å². The van der Waals surface area contributed by atoms with Crippen molar-refractivity contribution in [3.8, 4) is 0 Å². The first-order valence-corrected chi connectivity index (χ1v) is 4.32. The Bertz CT molecular complexity index is 53.1. The van der Waals surface area contributed by atoms with Crippen molar-refractivity contribution in [2.45, 2.75) is 46.1 Å². The number of hydrogen-bond acceptors (Lipinski definition) is 1. The predicted molar refractivity (Wildman–Crippen MR) is 45.2 cm³/mol. The molecule has 0 saturated carbocycles. The second kappa shape index (κ2) is 5.72. The average molecular weight is 144 g/mol. The Morgan fingerprint density at radius 3 is 1.60 bits per heavy atom. The summed E-state index contributed by atoms with van der Waals surface area (Å²) in [6, 6.07) is 0. The van der Waals surface area contributed by atoms with E-state index in [0.717, 1.165) is 12.3 Å². The summed E-state index contributed by atoms with van der Waals surface area (Å²) in [4.78, 5) is 0. The highest BCUT2D eigenvalue weighted by molar-refractivity contribution is 4.65. The van der Waals surface area contributed by atoms with Crippen LogP contribution in [0.4, 0.5) is 0 Å². The second-order valence-electron chi connectivity index (χ2n) is 2.76. The van der Waals surface area contributed by atoms with Crippen LogP contribution >= 0.6 is 0 Å². The Kier molecular flexibility index (Phi) is 5.70. The maximum atomic E-state index is 5.34. The first-order valence-electron chi connectivity index (χ1n) is 4.32. The lowest BCUT2D eigenvalue weighted by atomic mass is 9.95. The fraction of sp³-hybridized carbons (Fsp3) is 1.00. The van der Waals surface area contributed by atoms with Gasteiger partial charge in [0.25, 0.3) is 0 Å². The fourth-order valence-corrected chi connectivity index (χ4v) is 1.51. The lowest BCUT2D eigenvalue weighted by Gasteiger charge is -2.21. The third-order valence-corrected chi connectivity index (χ3v) is 2.28. The topological polar surface area (TPSA) is 9.23 Å². The van der Waals surface area contributed by atoms with Gasteiger partial charge in [0.15, 0.2) is 0 Å². The van der Waals surface area contributed by atoms with Gasteiger partial charge in [-0.3, -0.25) is 0 Å². The van der Waals surface area contributed by atoms with Gasteiger partial charge in [0.2, 0.25) is 0 Å². The minimum Gasteiger partial charge on any atom is -0.381 e. The molecule has 1 unspecified atom stereocenters. The van der Waals surface area contributed by atoms with Gasteiger partial charge in [0.1, 0.15) is 0 Å². The maximum absolute atomic E-state index is 5.34. The van der Waals surface area contributed by atoms with E-state index in [0.29, 0.717) is 6.10 Å². The number of rotatable bonds is 5. The van der Waals surface area contributed by atoms with E-state index >= 15 is 0 Å². The molecule has 0 spiro atoms. The van der Waals surface area contributed by atoms with E-state index in [1.54, 1.807) is 0 Å². The molecule has 0 fully saturated rings. The Morgan fingerprint density at radius 1 is 1.00 bits per heavy atom.